The highest BCUT2D eigenvalue weighted by Crippen LogP contribution is 2.26. The predicted molar refractivity (Wildman–Crippen MR) is 98.1 cm³/mol. The van der Waals surface area contributed by atoms with Gasteiger partial charge in [0.1, 0.15) is 11.5 Å². The normalized spacial score (nSPS) is 10.5. The number of rotatable bonds is 5. The monoisotopic (exact) mass is 345 g/mol. The third-order valence-electron chi connectivity index (χ3n) is 3.51. The summed E-state index contributed by atoms with van der Waals surface area (Å²) in [6.45, 7) is 0. The lowest BCUT2D eigenvalue weighted by molar-refractivity contribution is 0.415. The zero-order chi connectivity index (χ0) is 18.4. The molecular weight excluding hydrogens is 330 g/mol. The lowest BCUT2D eigenvalue weighted by Crippen LogP contribution is -2.02. The van der Waals surface area contributed by atoms with Gasteiger partial charge in [0.15, 0.2) is 17.8 Å². The van der Waals surface area contributed by atoms with Crippen LogP contribution in [-0.2, 0) is 0 Å². The molecule has 0 aliphatic carbocycles. The molecule has 3 rings (SSSR count). The first kappa shape index (κ1) is 16.9. The minimum absolute atomic E-state index is 0.0479. The summed E-state index contributed by atoms with van der Waals surface area (Å²) < 4.78 is 5.13. The molecule has 0 saturated carbocycles. The maximum Gasteiger partial charge on any atom is 0.240 e. The molecule has 2 aromatic carbocycles. The Morgan fingerprint density at radius 3 is 2.50 bits per heavy atom. The molecule has 0 radical (unpaired) electrons. The molecule has 128 valence electrons. The first-order valence-electron chi connectivity index (χ1n) is 7.71. The molecule has 1 aromatic heterocycles. The van der Waals surface area contributed by atoms with Gasteiger partial charge < -0.3 is 9.84 Å². The Kier molecular flexibility index (Phi) is 5.05. The van der Waals surface area contributed by atoms with Crippen LogP contribution in [0.5, 0.6) is 11.5 Å². The number of nitrogens with zero attached hydrogens (tertiary/aromatic N) is 4. The molecule has 0 saturated heterocycles. The summed E-state index contributed by atoms with van der Waals surface area (Å²) in [5.41, 5.74) is 1.39. The smallest absolute Gasteiger partial charge is 0.240 e. The molecule has 0 fully saturated rings. The molecule has 26 heavy (non-hydrogen) atoms. The number of nitriles is 1. The van der Waals surface area contributed by atoms with Crippen LogP contribution in [-0.4, -0.2) is 27.2 Å². The maximum atomic E-state index is 10.0. The van der Waals surface area contributed by atoms with Crippen LogP contribution in [0.3, 0.4) is 0 Å². The van der Waals surface area contributed by atoms with E-state index >= 15 is 0 Å². The molecule has 2 N–H and O–H groups in total. The van der Waals surface area contributed by atoms with Crippen molar-refractivity contribution in [1.82, 2.24) is 15.0 Å². The number of hydrogen-bond acceptors (Lipinski definition) is 7. The highest BCUT2D eigenvalue weighted by molar-refractivity contribution is 5.70. The van der Waals surface area contributed by atoms with Crippen molar-refractivity contribution in [2.45, 2.75) is 0 Å². The van der Waals surface area contributed by atoms with Gasteiger partial charge in [0.2, 0.25) is 5.95 Å². The van der Waals surface area contributed by atoms with E-state index in [1.807, 2.05) is 30.3 Å². The van der Waals surface area contributed by atoms with Gasteiger partial charge in [0.05, 0.1) is 12.7 Å². The van der Waals surface area contributed by atoms with Crippen molar-refractivity contribution in [3.8, 4) is 29.1 Å². The fourth-order valence-electron chi connectivity index (χ4n) is 2.24. The molecule has 0 spiro atoms. The quantitative estimate of drug-likeness (QED) is 0.540. The minimum atomic E-state index is 0.0479. The average Bonchev–Trinajstić information content (AvgIpc) is 2.67. The van der Waals surface area contributed by atoms with Crippen molar-refractivity contribution in [2.75, 3.05) is 12.4 Å². The van der Waals surface area contributed by atoms with Crippen LogP contribution in [0.4, 0.5) is 5.95 Å². The van der Waals surface area contributed by atoms with E-state index in [0.29, 0.717) is 11.4 Å². The Balaban J connectivity index is 1.96. The minimum Gasteiger partial charge on any atom is -0.507 e. The van der Waals surface area contributed by atoms with E-state index in [1.54, 1.807) is 43.6 Å². The first-order valence-corrected chi connectivity index (χ1v) is 7.71. The number of aromatic nitrogens is 3. The third kappa shape index (κ3) is 3.94. The number of phenols is 1. The van der Waals surface area contributed by atoms with E-state index in [4.69, 9.17) is 10.00 Å². The summed E-state index contributed by atoms with van der Waals surface area (Å²) in [6, 6.07) is 14.2. The molecule has 0 unspecified atom stereocenters. The molecule has 3 aromatic rings. The highest BCUT2D eigenvalue weighted by Gasteiger charge is 2.10. The van der Waals surface area contributed by atoms with Crippen molar-refractivity contribution in [3.63, 3.8) is 0 Å². The molecule has 0 amide bonds. The molecule has 7 heteroatoms. The van der Waals surface area contributed by atoms with Crippen molar-refractivity contribution >= 4 is 18.1 Å². The van der Waals surface area contributed by atoms with Crippen molar-refractivity contribution in [3.05, 3.63) is 59.9 Å². The van der Waals surface area contributed by atoms with Crippen LogP contribution in [0.2, 0.25) is 0 Å². The Morgan fingerprint density at radius 1 is 1.04 bits per heavy atom. The number of ether oxygens (including phenoxy) is 1. The van der Waals surface area contributed by atoms with Gasteiger partial charge in [0.25, 0.3) is 0 Å². The van der Waals surface area contributed by atoms with Gasteiger partial charge in [-0.1, -0.05) is 30.3 Å². The Morgan fingerprint density at radius 2 is 1.81 bits per heavy atom. The number of methoxy groups -OCH3 is 1. The lowest BCUT2D eigenvalue weighted by Gasteiger charge is -2.05. The molecular formula is C19H15N5O2. The zero-order valence-electron chi connectivity index (χ0n) is 13.9. The Bertz CT molecular complexity index is 978. The first-order chi connectivity index (χ1) is 12.7. The van der Waals surface area contributed by atoms with Gasteiger partial charge >= 0.3 is 0 Å². The van der Waals surface area contributed by atoms with Crippen LogP contribution in [0.15, 0.2) is 48.5 Å². The van der Waals surface area contributed by atoms with E-state index in [1.165, 1.54) is 0 Å². The number of benzene rings is 2. The summed E-state index contributed by atoms with van der Waals surface area (Å²) in [6.07, 6.45) is 5.32. The SMILES string of the molecule is COc1ccc(/C=C/c2nc(NC#N)nc(-c3ccccc3O)n2)cc1. The van der Waals surface area contributed by atoms with Crippen molar-refractivity contribution in [1.29, 1.82) is 5.26 Å². The summed E-state index contributed by atoms with van der Waals surface area (Å²) in [5.74, 6) is 1.54. The third-order valence-corrected chi connectivity index (χ3v) is 3.51. The standard InChI is InChI=1S/C19H15N5O2/c1-26-14-9-6-13(7-10-14)8-11-17-22-18(24-19(23-17)21-12-20)15-4-2-3-5-16(15)25/h2-11,25H,1H3,(H,21,22,23,24)/b11-8+. The van der Waals surface area contributed by atoms with Gasteiger partial charge in [-0.05, 0) is 35.9 Å². The van der Waals surface area contributed by atoms with Gasteiger partial charge in [-0.15, -0.1) is 0 Å². The number of hydrogen-bond donors (Lipinski definition) is 2. The number of para-hydroxylation sites is 1. The summed E-state index contributed by atoms with van der Waals surface area (Å²) in [7, 11) is 1.61. The molecule has 7 nitrogen and oxygen atoms in total. The van der Waals surface area contributed by atoms with Gasteiger partial charge in [-0.3, -0.25) is 5.32 Å². The number of phenolic OH excluding ortho intramolecular Hbond substituents is 1. The highest BCUT2D eigenvalue weighted by atomic mass is 16.5. The van der Waals surface area contributed by atoms with E-state index < -0.39 is 0 Å². The predicted octanol–water partition coefficient (Wildman–Crippen LogP) is 3.32. The van der Waals surface area contributed by atoms with Crippen LogP contribution in [0.1, 0.15) is 11.4 Å². The second-order valence-corrected chi connectivity index (χ2v) is 5.20. The van der Waals surface area contributed by atoms with Crippen LogP contribution in [0.25, 0.3) is 23.5 Å². The molecule has 0 aliphatic heterocycles. The molecule has 1 heterocycles. The van der Waals surface area contributed by atoms with Crippen molar-refractivity contribution < 1.29 is 9.84 Å². The van der Waals surface area contributed by atoms with Crippen LogP contribution in [0, 0.1) is 11.5 Å². The number of anilines is 1. The topological polar surface area (TPSA) is 104 Å². The van der Waals surface area contributed by atoms with E-state index in [0.717, 1.165) is 11.3 Å². The number of nitrogens with one attached hydrogen (secondary N) is 1. The average molecular weight is 345 g/mol. The van der Waals surface area contributed by atoms with Gasteiger partial charge in [-0.25, -0.2) is 4.98 Å². The maximum absolute atomic E-state index is 10.0. The fourth-order valence-corrected chi connectivity index (χ4v) is 2.24. The van der Waals surface area contributed by atoms with Gasteiger partial charge in [-0.2, -0.15) is 15.2 Å². The fraction of sp³-hybridized carbons (Fsp3) is 0.0526. The Hall–Kier alpha value is -3.92. The second-order valence-electron chi connectivity index (χ2n) is 5.20. The lowest BCUT2D eigenvalue weighted by atomic mass is 10.2. The molecule has 0 atom stereocenters. The summed E-state index contributed by atoms with van der Waals surface area (Å²) >= 11 is 0. The summed E-state index contributed by atoms with van der Waals surface area (Å²) in [4.78, 5) is 12.7. The van der Waals surface area contributed by atoms with Crippen LogP contribution < -0.4 is 10.1 Å². The largest absolute Gasteiger partial charge is 0.507 e. The molecule has 0 aliphatic rings. The summed E-state index contributed by atoms with van der Waals surface area (Å²) in [5, 5.41) is 21.3. The molecule has 0 bridgehead atoms. The zero-order valence-corrected chi connectivity index (χ0v) is 13.9. The van der Waals surface area contributed by atoms with E-state index in [-0.39, 0.29) is 17.5 Å². The van der Waals surface area contributed by atoms with Crippen LogP contribution >= 0.6 is 0 Å². The van der Waals surface area contributed by atoms with E-state index in [2.05, 4.69) is 20.3 Å². The Labute approximate surface area is 150 Å². The number of aromatic hydroxyl groups is 1. The van der Waals surface area contributed by atoms with Gasteiger partial charge in [0, 0.05) is 0 Å². The second kappa shape index (κ2) is 7.77. The van der Waals surface area contributed by atoms with Crippen molar-refractivity contribution in [2.24, 2.45) is 0 Å². The van der Waals surface area contributed by atoms with E-state index in [9.17, 15) is 5.11 Å².